The number of aryl methyl sites for hydroxylation is 1. The van der Waals surface area contributed by atoms with Crippen molar-refractivity contribution in [2.45, 2.75) is 32.1 Å². The first-order valence-corrected chi connectivity index (χ1v) is 7.18. The van der Waals surface area contributed by atoms with Crippen molar-refractivity contribution in [3.63, 3.8) is 0 Å². The first-order valence-electron chi connectivity index (χ1n) is 7.18. The number of Topliss-reactive ketones (excluding diaryl/α,β-unsaturated/α-hetero) is 1. The molecule has 1 fully saturated rings. The average molecular weight is 275 g/mol. The summed E-state index contributed by atoms with van der Waals surface area (Å²) in [5, 5.41) is 10.8. The topological polar surface area (TPSA) is 66.4 Å². The summed E-state index contributed by atoms with van der Waals surface area (Å²) >= 11 is 0. The van der Waals surface area contributed by atoms with E-state index in [0.717, 1.165) is 25.7 Å². The lowest BCUT2D eigenvalue weighted by atomic mass is 9.70. The lowest BCUT2D eigenvalue weighted by Gasteiger charge is -2.34. The van der Waals surface area contributed by atoms with Crippen molar-refractivity contribution in [3.05, 3.63) is 35.9 Å². The predicted octanol–water partition coefficient (Wildman–Crippen LogP) is 2.87. The average Bonchev–Trinajstić information content (AvgIpc) is 2.39. The van der Waals surface area contributed by atoms with E-state index < -0.39 is 6.09 Å². The van der Waals surface area contributed by atoms with E-state index in [9.17, 15) is 9.59 Å². The molecule has 0 unspecified atom stereocenters. The molecule has 1 amide bonds. The largest absolute Gasteiger partial charge is 0.465 e. The highest BCUT2D eigenvalue weighted by Crippen LogP contribution is 2.37. The van der Waals surface area contributed by atoms with Gasteiger partial charge < -0.3 is 10.4 Å². The number of nitrogens with one attached hydrogen (secondary N) is 1. The van der Waals surface area contributed by atoms with Crippen LogP contribution in [-0.2, 0) is 11.2 Å². The van der Waals surface area contributed by atoms with Gasteiger partial charge in [-0.1, -0.05) is 30.3 Å². The Morgan fingerprint density at radius 1 is 1.20 bits per heavy atom. The molecule has 108 valence electrons. The molecule has 0 saturated heterocycles. The zero-order valence-electron chi connectivity index (χ0n) is 11.5. The Morgan fingerprint density at radius 3 is 2.55 bits per heavy atom. The number of carbonyl (C=O) groups is 2. The van der Waals surface area contributed by atoms with E-state index >= 15 is 0 Å². The fraction of sp³-hybridized carbons (Fsp3) is 0.500. The summed E-state index contributed by atoms with van der Waals surface area (Å²) in [6, 6.07) is 10.1. The van der Waals surface area contributed by atoms with Crippen molar-refractivity contribution in [2.75, 3.05) is 6.54 Å². The highest BCUT2D eigenvalue weighted by molar-refractivity contribution is 5.82. The Morgan fingerprint density at radius 2 is 1.90 bits per heavy atom. The van der Waals surface area contributed by atoms with Gasteiger partial charge in [-0.05, 0) is 37.2 Å². The van der Waals surface area contributed by atoms with E-state index in [1.54, 1.807) is 0 Å². The summed E-state index contributed by atoms with van der Waals surface area (Å²) in [7, 11) is 0. The fourth-order valence-corrected chi connectivity index (χ4v) is 2.73. The standard InChI is InChI=1S/C16H21NO3/c18-15(7-6-12-4-2-1-3-5-12)14-10-13(11-14)8-9-17-16(19)20/h1-5,13-14,17H,6-11H2,(H,19,20). The van der Waals surface area contributed by atoms with Crippen LogP contribution in [0.2, 0.25) is 0 Å². The molecule has 20 heavy (non-hydrogen) atoms. The maximum Gasteiger partial charge on any atom is 0.404 e. The minimum atomic E-state index is -0.972. The van der Waals surface area contributed by atoms with E-state index in [1.165, 1.54) is 5.56 Å². The molecule has 1 aliphatic carbocycles. The van der Waals surface area contributed by atoms with Gasteiger partial charge in [-0.3, -0.25) is 4.79 Å². The molecule has 0 bridgehead atoms. The summed E-state index contributed by atoms with van der Waals surface area (Å²) in [5.41, 5.74) is 1.21. The van der Waals surface area contributed by atoms with Crippen molar-refractivity contribution in [3.8, 4) is 0 Å². The van der Waals surface area contributed by atoms with Crippen LogP contribution < -0.4 is 5.32 Å². The van der Waals surface area contributed by atoms with Gasteiger partial charge in [0.1, 0.15) is 5.78 Å². The number of carbonyl (C=O) groups excluding carboxylic acids is 1. The van der Waals surface area contributed by atoms with Crippen LogP contribution in [0.1, 0.15) is 31.2 Å². The van der Waals surface area contributed by atoms with Crippen LogP contribution in [0.15, 0.2) is 30.3 Å². The zero-order valence-corrected chi connectivity index (χ0v) is 11.5. The molecular formula is C16H21NO3. The molecular weight excluding hydrogens is 254 g/mol. The Hall–Kier alpha value is -1.84. The Labute approximate surface area is 119 Å². The van der Waals surface area contributed by atoms with Crippen molar-refractivity contribution < 1.29 is 14.7 Å². The highest BCUT2D eigenvalue weighted by Gasteiger charge is 2.33. The molecule has 1 aromatic rings. The molecule has 1 aromatic carbocycles. The summed E-state index contributed by atoms with van der Waals surface area (Å²) in [4.78, 5) is 22.3. The van der Waals surface area contributed by atoms with Gasteiger partial charge in [0, 0.05) is 18.9 Å². The number of amides is 1. The van der Waals surface area contributed by atoms with Gasteiger partial charge >= 0.3 is 6.09 Å². The molecule has 4 nitrogen and oxygen atoms in total. The quantitative estimate of drug-likeness (QED) is 0.804. The molecule has 0 aromatic heterocycles. The number of carboxylic acid groups (broad SMARTS) is 1. The normalized spacial score (nSPS) is 21.0. The molecule has 2 rings (SSSR count). The fourth-order valence-electron chi connectivity index (χ4n) is 2.73. The van der Waals surface area contributed by atoms with Gasteiger partial charge in [0.05, 0.1) is 0 Å². The lowest BCUT2D eigenvalue weighted by Crippen LogP contribution is -2.33. The zero-order chi connectivity index (χ0) is 14.4. The molecule has 0 radical (unpaired) electrons. The Balaban J connectivity index is 1.60. The van der Waals surface area contributed by atoms with Crippen LogP contribution in [-0.4, -0.2) is 23.5 Å². The highest BCUT2D eigenvalue weighted by atomic mass is 16.4. The van der Waals surface area contributed by atoms with Crippen molar-refractivity contribution >= 4 is 11.9 Å². The third-order valence-corrected chi connectivity index (χ3v) is 4.02. The van der Waals surface area contributed by atoms with E-state index in [2.05, 4.69) is 17.4 Å². The SMILES string of the molecule is O=C(O)NCCC1CC(C(=O)CCc2ccccc2)C1. The summed E-state index contributed by atoms with van der Waals surface area (Å²) < 4.78 is 0. The molecule has 0 aliphatic heterocycles. The lowest BCUT2D eigenvalue weighted by molar-refractivity contribution is -0.126. The number of benzene rings is 1. The molecule has 2 N–H and O–H groups in total. The monoisotopic (exact) mass is 275 g/mol. The van der Waals surface area contributed by atoms with E-state index in [1.807, 2.05) is 18.2 Å². The first kappa shape index (κ1) is 14.6. The molecule has 0 spiro atoms. The number of hydrogen-bond acceptors (Lipinski definition) is 2. The van der Waals surface area contributed by atoms with Crippen LogP contribution in [0.25, 0.3) is 0 Å². The van der Waals surface area contributed by atoms with Crippen LogP contribution >= 0.6 is 0 Å². The molecule has 0 atom stereocenters. The van der Waals surface area contributed by atoms with Gasteiger partial charge in [-0.25, -0.2) is 4.79 Å². The van der Waals surface area contributed by atoms with Gasteiger partial charge in [0.2, 0.25) is 0 Å². The maximum atomic E-state index is 12.0. The number of rotatable bonds is 7. The van der Waals surface area contributed by atoms with E-state index in [4.69, 9.17) is 5.11 Å². The van der Waals surface area contributed by atoms with Gasteiger partial charge in [0.15, 0.2) is 0 Å². The van der Waals surface area contributed by atoms with E-state index in [-0.39, 0.29) is 5.92 Å². The van der Waals surface area contributed by atoms with Crippen molar-refractivity contribution in [2.24, 2.45) is 11.8 Å². The van der Waals surface area contributed by atoms with Crippen molar-refractivity contribution in [1.82, 2.24) is 5.32 Å². The van der Waals surface area contributed by atoms with Crippen LogP contribution in [0.3, 0.4) is 0 Å². The second-order valence-corrected chi connectivity index (χ2v) is 5.51. The second kappa shape index (κ2) is 7.08. The molecule has 1 saturated carbocycles. The summed E-state index contributed by atoms with van der Waals surface area (Å²) in [5.74, 6) is 1.07. The van der Waals surface area contributed by atoms with Crippen LogP contribution in [0, 0.1) is 11.8 Å². The predicted molar refractivity (Wildman–Crippen MR) is 76.6 cm³/mol. The summed E-state index contributed by atoms with van der Waals surface area (Å²) in [6.45, 7) is 0.491. The Bertz CT molecular complexity index is 452. The van der Waals surface area contributed by atoms with Crippen molar-refractivity contribution in [1.29, 1.82) is 0 Å². The Kier molecular flexibility index (Phi) is 5.16. The van der Waals surface area contributed by atoms with Gasteiger partial charge in [-0.2, -0.15) is 0 Å². The van der Waals surface area contributed by atoms with Gasteiger partial charge in [0.25, 0.3) is 0 Å². The third kappa shape index (κ3) is 4.37. The molecule has 4 heteroatoms. The van der Waals surface area contributed by atoms with E-state index in [0.29, 0.717) is 24.7 Å². The maximum absolute atomic E-state index is 12.0. The third-order valence-electron chi connectivity index (χ3n) is 4.02. The number of hydrogen-bond donors (Lipinski definition) is 2. The second-order valence-electron chi connectivity index (χ2n) is 5.51. The number of ketones is 1. The summed E-state index contributed by atoms with van der Waals surface area (Å²) in [6.07, 6.45) is 3.16. The van der Waals surface area contributed by atoms with Gasteiger partial charge in [-0.15, -0.1) is 0 Å². The van der Waals surface area contributed by atoms with Crippen LogP contribution in [0.4, 0.5) is 4.79 Å². The molecule has 0 heterocycles. The smallest absolute Gasteiger partial charge is 0.404 e. The minimum absolute atomic E-state index is 0.202. The molecule has 1 aliphatic rings. The minimum Gasteiger partial charge on any atom is -0.465 e. The first-order chi connectivity index (χ1) is 9.65. The van der Waals surface area contributed by atoms with Crippen LogP contribution in [0.5, 0.6) is 0 Å².